The zero-order valence-corrected chi connectivity index (χ0v) is 14.2. The van der Waals surface area contributed by atoms with Gasteiger partial charge in [0.15, 0.2) is 0 Å². The van der Waals surface area contributed by atoms with E-state index in [1.807, 2.05) is 0 Å². The molecule has 2 aliphatic rings. The van der Waals surface area contributed by atoms with Crippen molar-refractivity contribution >= 4 is 29.4 Å². The second-order valence-corrected chi connectivity index (χ2v) is 6.26. The highest BCUT2D eigenvalue weighted by atomic mass is 19.4. The molecule has 0 aromatic heterocycles. The Labute approximate surface area is 155 Å². The molecule has 1 aromatic carbocycles. The van der Waals surface area contributed by atoms with Crippen LogP contribution in [0.1, 0.15) is 12.8 Å². The Balaban J connectivity index is 1.88. The molecule has 2 aliphatic heterocycles. The molecule has 0 bridgehead atoms. The molecule has 1 atom stereocenters. The lowest BCUT2D eigenvalue weighted by Crippen LogP contribution is -2.70. The fraction of sp³-hybridized carbons (Fsp3) is 0.375. The molecule has 150 valence electrons. The van der Waals surface area contributed by atoms with Crippen LogP contribution in [0.3, 0.4) is 0 Å². The summed E-state index contributed by atoms with van der Waals surface area (Å²) >= 11 is 0. The Hall–Kier alpha value is -3.18. The SMILES string of the molecule is O=C(CN1CCCC1=O)N[C@@]1(C(F)(F)F)NC(=O)N(c2ccc(F)cc2)C1=O. The molecule has 2 N–H and O–H groups in total. The number of anilines is 1. The summed E-state index contributed by atoms with van der Waals surface area (Å²) in [5.74, 6) is -4.17. The van der Waals surface area contributed by atoms with E-state index in [2.05, 4.69) is 0 Å². The lowest BCUT2D eigenvalue weighted by atomic mass is 10.1. The smallest absolute Gasteiger partial charge is 0.333 e. The van der Waals surface area contributed by atoms with E-state index in [0.717, 1.165) is 29.2 Å². The van der Waals surface area contributed by atoms with Crippen molar-refractivity contribution in [3.05, 3.63) is 30.1 Å². The summed E-state index contributed by atoms with van der Waals surface area (Å²) in [6, 6.07) is 2.18. The number of hydrogen-bond donors (Lipinski definition) is 2. The van der Waals surface area contributed by atoms with Crippen molar-refractivity contribution in [1.29, 1.82) is 0 Å². The van der Waals surface area contributed by atoms with Crippen molar-refractivity contribution < 1.29 is 36.7 Å². The van der Waals surface area contributed by atoms with Crippen molar-refractivity contribution in [3.63, 3.8) is 0 Å². The van der Waals surface area contributed by atoms with Gasteiger partial charge < -0.3 is 10.2 Å². The normalized spacial score (nSPS) is 22.6. The fourth-order valence-electron chi connectivity index (χ4n) is 3.00. The lowest BCUT2D eigenvalue weighted by molar-refractivity contribution is -0.201. The number of urea groups is 1. The predicted octanol–water partition coefficient (Wildman–Crippen LogP) is 0.879. The van der Waals surface area contributed by atoms with Gasteiger partial charge in [0.25, 0.3) is 11.6 Å². The zero-order valence-electron chi connectivity index (χ0n) is 14.2. The van der Waals surface area contributed by atoms with Gasteiger partial charge in [0, 0.05) is 13.0 Å². The van der Waals surface area contributed by atoms with Gasteiger partial charge in [0.1, 0.15) is 5.82 Å². The average molecular weight is 402 g/mol. The van der Waals surface area contributed by atoms with Crippen LogP contribution in [0.15, 0.2) is 24.3 Å². The zero-order chi connectivity index (χ0) is 20.7. The van der Waals surface area contributed by atoms with E-state index in [1.165, 1.54) is 10.6 Å². The van der Waals surface area contributed by atoms with Gasteiger partial charge in [-0.2, -0.15) is 13.2 Å². The number of rotatable bonds is 4. The van der Waals surface area contributed by atoms with E-state index in [9.17, 15) is 36.7 Å². The molecule has 0 aliphatic carbocycles. The van der Waals surface area contributed by atoms with E-state index in [1.54, 1.807) is 0 Å². The van der Waals surface area contributed by atoms with E-state index >= 15 is 0 Å². The number of likely N-dealkylation sites (tertiary alicyclic amines) is 1. The Morgan fingerprint density at radius 2 is 1.82 bits per heavy atom. The van der Waals surface area contributed by atoms with Crippen molar-refractivity contribution in [2.45, 2.75) is 24.7 Å². The van der Waals surface area contributed by atoms with Crippen LogP contribution < -0.4 is 15.5 Å². The first-order chi connectivity index (χ1) is 13.0. The highest BCUT2D eigenvalue weighted by molar-refractivity contribution is 6.24. The first kappa shape index (κ1) is 19.6. The third-order valence-electron chi connectivity index (χ3n) is 4.36. The summed E-state index contributed by atoms with van der Waals surface area (Å²) in [5, 5.41) is 2.99. The van der Waals surface area contributed by atoms with Gasteiger partial charge in [0.2, 0.25) is 11.8 Å². The van der Waals surface area contributed by atoms with Crippen LogP contribution in [0, 0.1) is 5.82 Å². The third kappa shape index (κ3) is 3.25. The molecule has 0 saturated carbocycles. The summed E-state index contributed by atoms with van der Waals surface area (Å²) in [5.41, 5.74) is -4.00. The molecular formula is C16H14F4N4O4. The van der Waals surface area contributed by atoms with Crippen LogP contribution in [-0.4, -0.2) is 53.6 Å². The van der Waals surface area contributed by atoms with Crippen LogP contribution in [-0.2, 0) is 14.4 Å². The second kappa shape index (κ2) is 6.77. The summed E-state index contributed by atoms with van der Waals surface area (Å²) in [6.07, 6.45) is -4.74. The van der Waals surface area contributed by atoms with Gasteiger partial charge in [-0.05, 0) is 30.7 Å². The molecule has 0 unspecified atom stereocenters. The van der Waals surface area contributed by atoms with E-state index < -0.39 is 48.0 Å². The highest BCUT2D eigenvalue weighted by Gasteiger charge is 2.69. The van der Waals surface area contributed by atoms with Gasteiger partial charge >= 0.3 is 12.2 Å². The number of nitrogens with zero attached hydrogens (tertiary/aromatic N) is 2. The van der Waals surface area contributed by atoms with Crippen LogP contribution in [0.4, 0.5) is 28.0 Å². The van der Waals surface area contributed by atoms with E-state index in [-0.39, 0.29) is 23.6 Å². The number of amides is 5. The summed E-state index contributed by atoms with van der Waals surface area (Å²) in [7, 11) is 0. The number of benzene rings is 1. The molecule has 8 nitrogen and oxygen atoms in total. The number of hydrogen-bond acceptors (Lipinski definition) is 4. The van der Waals surface area contributed by atoms with Gasteiger partial charge in [-0.1, -0.05) is 0 Å². The minimum Gasteiger partial charge on any atom is -0.333 e. The van der Waals surface area contributed by atoms with Crippen molar-refractivity contribution in [2.75, 3.05) is 18.0 Å². The molecule has 2 heterocycles. The van der Waals surface area contributed by atoms with Crippen molar-refractivity contribution in [2.24, 2.45) is 0 Å². The summed E-state index contributed by atoms with van der Waals surface area (Å²) < 4.78 is 54.2. The van der Waals surface area contributed by atoms with Crippen LogP contribution in [0.2, 0.25) is 0 Å². The number of imide groups is 1. The molecular weight excluding hydrogens is 388 g/mol. The minimum absolute atomic E-state index is 0.161. The molecule has 5 amide bonds. The first-order valence-electron chi connectivity index (χ1n) is 8.13. The molecule has 3 rings (SSSR count). The average Bonchev–Trinajstić information content (AvgIpc) is 3.10. The second-order valence-electron chi connectivity index (χ2n) is 6.26. The Kier molecular flexibility index (Phi) is 4.73. The monoisotopic (exact) mass is 402 g/mol. The Morgan fingerprint density at radius 1 is 1.18 bits per heavy atom. The standard InChI is InChI=1S/C16H14F4N4O4/c17-9-3-5-10(6-4-9)24-13(27)15(16(18,19)20,22-14(24)28)21-11(25)8-23-7-1-2-12(23)26/h3-6H,1-2,7-8H2,(H,21,25)(H,22,28)/t15-/m1/s1. The molecule has 2 fully saturated rings. The molecule has 1 aromatic rings. The molecule has 0 radical (unpaired) electrons. The number of nitrogens with one attached hydrogen (secondary N) is 2. The summed E-state index contributed by atoms with van der Waals surface area (Å²) in [4.78, 5) is 49.5. The number of alkyl halides is 3. The van der Waals surface area contributed by atoms with Gasteiger partial charge in [-0.25, -0.2) is 14.1 Å². The van der Waals surface area contributed by atoms with Crippen LogP contribution in [0.25, 0.3) is 0 Å². The lowest BCUT2D eigenvalue weighted by Gasteiger charge is -2.30. The topological polar surface area (TPSA) is 98.8 Å². The number of carbonyl (C=O) groups is 4. The third-order valence-corrected chi connectivity index (χ3v) is 4.36. The number of carbonyl (C=O) groups excluding carboxylic acids is 4. The van der Waals surface area contributed by atoms with Gasteiger partial charge in [-0.15, -0.1) is 0 Å². The maximum Gasteiger partial charge on any atom is 0.440 e. The largest absolute Gasteiger partial charge is 0.440 e. The maximum absolute atomic E-state index is 13.7. The van der Waals surface area contributed by atoms with Crippen molar-refractivity contribution in [1.82, 2.24) is 15.5 Å². The molecule has 0 spiro atoms. The Bertz CT molecular complexity index is 842. The molecule has 12 heteroatoms. The van der Waals surface area contributed by atoms with E-state index in [4.69, 9.17) is 0 Å². The Morgan fingerprint density at radius 3 is 2.36 bits per heavy atom. The molecule has 28 heavy (non-hydrogen) atoms. The minimum atomic E-state index is -5.38. The predicted molar refractivity (Wildman–Crippen MR) is 85.2 cm³/mol. The van der Waals surface area contributed by atoms with Crippen LogP contribution in [0.5, 0.6) is 0 Å². The van der Waals surface area contributed by atoms with Crippen molar-refractivity contribution in [3.8, 4) is 0 Å². The van der Waals surface area contributed by atoms with E-state index in [0.29, 0.717) is 6.42 Å². The quantitative estimate of drug-likeness (QED) is 0.577. The van der Waals surface area contributed by atoms with Crippen LogP contribution >= 0.6 is 0 Å². The first-order valence-corrected chi connectivity index (χ1v) is 8.13. The fourth-order valence-corrected chi connectivity index (χ4v) is 3.00. The van der Waals surface area contributed by atoms with Gasteiger partial charge in [0.05, 0.1) is 12.2 Å². The maximum atomic E-state index is 13.7. The van der Waals surface area contributed by atoms with Gasteiger partial charge in [-0.3, -0.25) is 19.7 Å². The highest BCUT2D eigenvalue weighted by Crippen LogP contribution is 2.35. The number of halogens is 4. The molecule has 2 saturated heterocycles. The summed E-state index contributed by atoms with van der Waals surface area (Å²) in [6.45, 7) is -0.482.